The first-order valence-corrected chi connectivity index (χ1v) is 8.41. The summed E-state index contributed by atoms with van der Waals surface area (Å²) in [6.45, 7) is 0.900. The number of likely N-dealkylation sites (tertiary alicyclic amines) is 1. The molecule has 4 rings (SSSR count). The van der Waals surface area contributed by atoms with Crippen molar-refractivity contribution in [2.24, 2.45) is 13.0 Å². The molecule has 1 saturated heterocycles. The van der Waals surface area contributed by atoms with E-state index in [1.165, 1.54) is 11.3 Å². The highest BCUT2D eigenvalue weighted by molar-refractivity contribution is 5.83. The van der Waals surface area contributed by atoms with E-state index in [1.54, 1.807) is 6.20 Å². The first-order chi connectivity index (χ1) is 11.2. The van der Waals surface area contributed by atoms with Crippen molar-refractivity contribution < 1.29 is 4.79 Å². The van der Waals surface area contributed by atoms with Gasteiger partial charge >= 0.3 is 0 Å². The molecule has 2 aromatic heterocycles. The van der Waals surface area contributed by atoms with Crippen LogP contribution in [0.3, 0.4) is 0 Å². The third kappa shape index (κ3) is 2.76. The number of pyridine rings is 1. The van der Waals surface area contributed by atoms with Crippen molar-refractivity contribution in [2.75, 3.05) is 6.54 Å². The van der Waals surface area contributed by atoms with Crippen LogP contribution in [0.5, 0.6) is 0 Å². The van der Waals surface area contributed by atoms with Crippen molar-refractivity contribution in [1.82, 2.24) is 19.7 Å². The van der Waals surface area contributed by atoms with E-state index in [4.69, 9.17) is 0 Å². The Balaban J connectivity index is 1.43. The van der Waals surface area contributed by atoms with Crippen LogP contribution in [0.15, 0.2) is 36.8 Å². The SMILES string of the molecule is Cn1nccc1C[C@@H]1CCCN1C(=O)[C@@H]1C[C@H]1c1cccnc1. The van der Waals surface area contributed by atoms with Crippen LogP contribution in [0.1, 0.15) is 36.4 Å². The van der Waals surface area contributed by atoms with Crippen molar-refractivity contribution in [3.8, 4) is 0 Å². The molecule has 2 aliphatic rings. The van der Waals surface area contributed by atoms with Gasteiger partial charge in [-0.25, -0.2) is 0 Å². The third-order valence-electron chi connectivity index (χ3n) is 5.25. The van der Waals surface area contributed by atoms with E-state index in [0.717, 1.165) is 32.2 Å². The molecule has 0 aromatic carbocycles. The summed E-state index contributed by atoms with van der Waals surface area (Å²) in [6.07, 6.45) is 9.60. The van der Waals surface area contributed by atoms with Crippen molar-refractivity contribution in [2.45, 2.75) is 37.6 Å². The van der Waals surface area contributed by atoms with Gasteiger partial charge < -0.3 is 4.90 Å². The zero-order valence-electron chi connectivity index (χ0n) is 13.4. The maximum Gasteiger partial charge on any atom is 0.226 e. The van der Waals surface area contributed by atoms with E-state index < -0.39 is 0 Å². The average molecular weight is 310 g/mol. The molecule has 1 amide bonds. The lowest BCUT2D eigenvalue weighted by atomic mass is 10.1. The molecule has 0 spiro atoms. The lowest BCUT2D eigenvalue weighted by Gasteiger charge is -2.25. The number of hydrogen-bond donors (Lipinski definition) is 0. The number of amides is 1. The molecule has 1 saturated carbocycles. The molecule has 0 unspecified atom stereocenters. The molecule has 23 heavy (non-hydrogen) atoms. The Hall–Kier alpha value is -2.17. The lowest BCUT2D eigenvalue weighted by molar-refractivity contribution is -0.133. The molecular weight excluding hydrogens is 288 g/mol. The highest BCUT2D eigenvalue weighted by Gasteiger charge is 2.47. The third-order valence-corrected chi connectivity index (χ3v) is 5.25. The van der Waals surface area contributed by atoms with E-state index in [1.807, 2.05) is 30.2 Å². The summed E-state index contributed by atoms with van der Waals surface area (Å²) >= 11 is 0. The van der Waals surface area contributed by atoms with Crippen molar-refractivity contribution >= 4 is 5.91 Å². The molecule has 0 radical (unpaired) electrons. The van der Waals surface area contributed by atoms with Crippen LogP contribution in [-0.2, 0) is 18.3 Å². The van der Waals surface area contributed by atoms with Gasteiger partial charge in [0, 0.05) is 56.3 Å². The van der Waals surface area contributed by atoms with Crippen LogP contribution in [0.4, 0.5) is 0 Å². The normalized spacial score (nSPS) is 26.5. The van der Waals surface area contributed by atoms with E-state index in [9.17, 15) is 4.79 Å². The van der Waals surface area contributed by atoms with Crippen LogP contribution in [0.2, 0.25) is 0 Å². The second kappa shape index (κ2) is 5.80. The predicted octanol–water partition coefficient (Wildman–Crippen LogP) is 2.15. The lowest BCUT2D eigenvalue weighted by Crippen LogP contribution is -2.38. The quantitative estimate of drug-likeness (QED) is 0.869. The maximum absolute atomic E-state index is 12.9. The molecule has 5 nitrogen and oxygen atoms in total. The minimum Gasteiger partial charge on any atom is -0.339 e. The van der Waals surface area contributed by atoms with Crippen molar-refractivity contribution in [3.63, 3.8) is 0 Å². The summed E-state index contributed by atoms with van der Waals surface area (Å²) < 4.78 is 1.91. The first kappa shape index (κ1) is 14.4. The van der Waals surface area contributed by atoms with Crippen molar-refractivity contribution in [3.05, 3.63) is 48.0 Å². The maximum atomic E-state index is 12.9. The number of hydrogen-bond acceptors (Lipinski definition) is 3. The molecule has 3 atom stereocenters. The minimum absolute atomic E-state index is 0.159. The van der Waals surface area contributed by atoms with Gasteiger partial charge in [0.2, 0.25) is 5.91 Å². The molecule has 1 aliphatic heterocycles. The Morgan fingerprint density at radius 1 is 1.35 bits per heavy atom. The smallest absolute Gasteiger partial charge is 0.226 e. The van der Waals surface area contributed by atoms with E-state index in [0.29, 0.717) is 17.9 Å². The van der Waals surface area contributed by atoms with E-state index in [2.05, 4.69) is 27.1 Å². The standard InChI is InChI=1S/C18H22N4O/c1-21-14(6-8-20-21)10-15-5-3-9-22(15)18(23)17-11-16(17)13-4-2-7-19-12-13/h2,4,6-8,12,15-17H,3,5,9-11H2,1H3/t15-,16-,17+/m0/s1. The van der Waals surface area contributed by atoms with Crippen LogP contribution < -0.4 is 0 Å². The Labute approximate surface area is 136 Å². The zero-order valence-corrected chi connectivity index (χ0v) is 13.4. The number of carbonyl (C=O) groups is 1. The molecule has 120 valence electrons. The van der Waals surface area contributed by atoms with Gasteiger partial charge in [0.05, 0.1) is 0 Å². The molecule has 5 heteroatoms. The highest BCUT2D eigenvalue weighted by Crippen LogP contribution is 2.49. The van der Waals surface area contributed by atoms with Gasteiger partial charge in [-0.15, -0.1) is 0 Å². The van der Waals surface area contributed by atoms with Gasteiger partial charge in [-0.3, -0.25) is 14.5 Å². The number of aromatic nitrogens is 3. The second-order valence-corrected chi connectivity index (χ2v) is 6.71. The summed E-state index contributed by atoms with van der Waals surface area (Å²) in [5, 5.41) is 4.23. The Morgan fingerprint density at radius 2 is 2.26 bits per heavy atom. The van der Waals surface area contributed by atoms with E-state index >= 15 is 0 Å². The fourth-order valence-corrected chi connectivity index (χ4v) is 3.83. The van der Waals surface area contributed by atoms with Gasteiger partial charge in [-0.2, -0.15) is 5.10 Å². The van der Waals surface area contributed by atoms with Gasteiger partial charge in [0.25, 0.3) is 0 Å². The first-order valence-electron chi connectivity index (χ1n) is 8.41. The molecule has 3 heterocycles. The number of nitrogens with zero attached hydrogens (tertiary/aromatic N) is 4. The summed E-state index contributed by atoms with van der Waals surface area (Å²) in [7, 11) is 1.97. The Morgan fingerprint density at radius 3 is 3.00 bits per heavy atom. The van der Waals surface area contributed by atoms with Gasteiger partial charge in [-0.1, -0.05) is 6.07 Å². The van der Waals surface area contributed by atoms with Crippen LogP contribution in [0.25, 0.3) is 0 Å². The molecule has 0 N–H and O–H groups in total. The van der Waals surface area contributed by atoms with Gasteiger partial charge in [-0.05, 0) is 42.9 Å². The Kier molecular flexibility index (Phi) is 3.63. The minimum atomic E-state index is 0.159. The largest absolute Gasteiger partial charge is 0.339 e. The molecule has 2 aromatic rings. The predicted molar refractivity (Wildman–Crippen MR) is 86.7 cm³/mol. The summed E-state index contributed by atoms with van der Waals surface area (Å²) in [5.41, 5.74) is 2.41. The van der Waals surface area contributed by atoms with Crippen molar-refractivity contribution in [1.29, 1.82) is 0 Å². The number of aryl methyl sites for hydroxylation is 1. The van der Waals surface area contributed by atoms with Gasteiger partial charge in [0.15, 0.2) is 0 Å². The van der Waals surface area contributed by atoms with Crippen LogP contribution in [-0.4, -0.2) is 38.2 Å². The second-order valence-electron chi connectivity index (χ2n) is 6.71. The molecule has 1 aliphatic carbocycles. The number of rotatable bonds is 4. The topological polar surface area (TPSA) is 51.0 Å². The van der Waals surface area contributed by atoms with Crippen LogP contribution in [0, 0.1) is 5.92 Å². The summed E-state index contributed by atoms with van der Waals surface area (Å²) in [5.74, 6) is 0.865. The average Bonchev–Trinajstić information content (AvgIpc) is 3.08. The van der Waals surface area contributed by atoms with Crippen LogP contribution >= 0.6 is 0 Å². The fourth-order valence-electron chi connectivity index (χ4n) is 3.83. The highest BCUT2D eigenvalue weighted by atomic mass is 16.2. The number of carbonyl (C=O) groups excluding carboxylic acids is 1. The van der Waals surface area contributed by atoms with Gasteiger partial charge in [0.1, 0.15) is 0 Å². The molecular formula is C18H22N4O. The molecule has 2 fully saturated rings. The molecule has 0 bridgehead atoms. The summed E-state index contributed by atoms with van der Waals surface area (Å²) in [6, 6.07) is 6.42. The summed E-state index contributed by atoms with van der Waals surface area (Å²) in [4.78, 5) is 19.2. The monoisotopic (exact) mass is 310 g/mol. The van der Waals surface area contributed by atoms with E-state index in [-0.39, 0.29) is 5.92 Å². The zero-order chi connectivity index (χ0) is 15.8. The fraction of sp³-hybridized carbons (Fsp3) is 0.500. The Bertz CT molecular complexity index is 696.